The standard InChI is InChI=1S/C28H32/c1-4-5-6-7-8-9-13-19-27-26(20-23(3)24-16-11-10-12-17-24)21-25-18-14-15-22(2)28(25)27/h1,5-8,10-12,14-18,23,26-27H,9,13,19-21H2,2-3H3/b6-5-,8-7-. The molecule has 0 bridgehead atoms. The van der Waals surface area contributed by atoms with Crippen molar-refractivity contribution < 1.29 is 0 Å². The van der Waals surface area contributed by atoms with Gasteiger partial charge in [0.05, 0.1) is 0 Å². The van der Waals surface area contributed by atoms with E-state index in [9.17, 15) is 0 Å². The van der Waals surface area contributed by atoms with Crippen LogP contribution in [-0.4, -0.2) is 0 Å². The molecule has 0 saturated carbocycles. The van der Waals surface area contributed by atoms with E-state index in [0.29, 0.717) is 11.8 Å². The van der Waals surface area contributed by atoms with Crippen LogP contribution in [0.25, 0.3) is 0 Å². The Morgan fingerprint density at radius 3 is 2.71 bits per heavy atom. The fraction of sp³-hybridized carbons (Fsp3) is 0.357. The van der Waals surface area contributed by atoms with Crippen molar-refractivity contribution in [1.29, 1.82) is 0 Å². The zero-order valence-corrected chi connectivity index (χ0v) is 17.3. The Morgan fingerprint density at radius 1 is 1.11 bits per heavy atom. The maximum atomic E-state index is 5.24. The van der Waals surface area contributed by atoms with Gasteiger partial charge in [0.15, 0.2) is 0 Å². The van der Waals surface area contributed by atoms with Crippen molar-refractivity contribution in [3.63, 3.8) is 0 Å². The Kier molecular flexibility index (Phi) is 7.32. The molecular weight excluding hydrogens is 336 g/mol. The molecule has 0 heteroatoms. The molecule has 1 aliphatic rings. The van der Waals surface area contributed by atoms with Crippen molar-refractivity contribution in [3.8, 4) is 12.3 Å². The van der Waals surface area contributed by atoms with Gasteiger partial charge in [-0.2, -0.15) is 0 Å². The SMILES string of the molecule is C#C/C=C\C=C/CCCC1c2c(C)cccc2CC1CC(C)c1ccccc1. The van der Waals surface area contributed by atoms with Gasteiger partial charge < -0.3 is 0 Å². The molecule has 0 heterocycles. The molecule has 3 unspecified atom stereocenters. The molecule has 28 heavy (non-hydrogen) atoms. The van der Waals surface area contributed by atoms with Crippen molar-refractivity contribution in [3.05, 3.63) is 95.1 Å². The summed E-state index contributed by atoms with van der Waals surface area (Å²) >= 11 is 0. The number of fused-ring (bicyclic) bond motifs is 1. The van der Waals surface area contributed by atoms with Crippen LogP contribution in [0.3, 0.4) is 0 Å². The van der Waals surface area contributed by atoms with Crippen LogP contribution in [0.1, 0.15) is 66.7 Å². The van der Waals surface area contributed by atoms with E-state index in [-0.39, 0.29) is 0 Å². The molecule has 3 atom stereocenters. The predicted octanol–water partition coefficient (Wildman–Crippen LogP) is 7.36. The summed E-state index contributed by atoms with van der Waals surface area (Å²) in [5.74, 6) is 4.57. The molecular formula is C28H32. The summed E-state index contributed by atoms with van der Waals surface area (Å²) in [6.45, 7) is 4.68. The Balaban J connectivity index is 1.68. The zero-order valence-electron chi connectivity index (χ0n) is 17.3. The number of rotatable bonds is 8. The summed E-state index contributed by atoms with van der Waals surface area (Å²) in [6, 6.07) is 17.9. The summed E-state index contributed by atoms with van der Waals surface area (Å²) in [7, 11) is 0. The van der Waals surface area contributed by atoms with Gasteiger partial charge in [0.2, 0.25) is 0 Å². The molecule has 0 aromatic heterocycles. The highest BCUT2D eigenvalue weighted by Crippen LogP contribution is 2.46. The second-order valence-corrected chi connectivity index (χ2v) is 8.15. The van der Waals surface area contributed by atoms with Crippen LogP contribution in [0.4, 0.5) is 0 Å². The average molecular weight is 369 g/mol. The molecule has 0 N–H and O–H groups in total. The smallest absolute Gasteiger partial charge is 0.0122 e. The number of allylic oxidation sites excluding steroid dienone is 4. The average Bonchev–Trinajstić information content (AvgIpc) is 3.06. The van der Waals surface area contributed by atoms with Gasteiger partial charge in [0, 0.05) is 0 Å². The zero-order chi connectivity index (χ0) is 19.8. The third-order valence-electron chi connectivity index (χ3n) is 6.19. The van der Waals surface area contributed by atoms with E-state index in [1.165, 1.54) is 36.8 Å². The maximum Gasteiger partial charge on any atom is -0.0122 e. The highest BCUT2D eigenvalue weighted by Gasteiger charge is 2.33. The van der Waals surface area contributed by atoms with E-state index in [2.05, 4.69) is 80.5 Å². The van der Waals surface area contributed by atoms with Gasteiger partial charge in [-0.25, -0.2) is 0 Å². The minimum Gasteiger partial charge on any atom is -0.115 e. The second-order valence-electron chi connectivity index (χ2n) is 8.15. The van der Waals surface area contributed by atoms with Gasteiger partial charge in [-0.15, -0.1) is 6.42 Å². The highest BCUT2D eigenvalue weighted by molar-refractivity contribution is 5.42. The van der Waals surface area contributed by atoms with Crippen molar-refractivity contribution in [1.82, 2.24) is 0 Å². The lowest BCUT2D eigenvalue weighted by atomic mass is 9.80. The number of unbranched alkanes of at least 4 members (excludes halogenated alkanes) is 1. The first-order chi connectivity index (χ1) is 13.7. The van der Waals surface area contributed by atoms with E-state index < -0.39 is 0 Å². The van der Waals surface area contributed by atoms with Crippen LogP contribution < -0.4 is 0 Å². The van der Waals surface area contributed by atoms with Crippen molar-refractivity contribution in [2.45, 2.75) is 57.8 Å². The van der Waals surface area contributed by atoms with Gasteiger partial charge >= 0.3 is 0 Å². The molecule has 144 valence electrons. The van der Waals surface area contributed by atoms with Gasteiger partial charge in [-0.05, 0) is 85.1 Å². The lowest BCUT2D eigenvalue weighted by Crippen LogP contribution is -2.12. The number of benzene rings is 2. The van der Waals surface area contributed by atoms with E-state index in [0.717, 1.165) is 12.3 Å². The molecule has 3 rings (SSSR count). The number of aryl methyl sites for hydroxylation is 1. The molecule has 0 spiro atoms. The van der Waals surface area contributed by atoms with Crippen LogP contribution in [0.2, 0.25) is 0 Å². The third-order valence-corrected chi connectivity index (χ3v) is 6.19. The van der Waals surface area contributed by atoms with E-state index in [1.54, 1.807) is 17.2 Å². The van der Waals surface area contributed by atoms with Gasteiger partial charge in [0.25, 0.3) is 0 Å². The molecule has 1 aliphatic carbocycles. The molecule has 0 radical (unpaired) electrons. The molecule has 0 fully saturated rings. The number of terminal acetylenes is 1. The Bertz CT molecular complexity index is 847. The first kappa shape index (κ1) is 20.2. The third kappa shape index (κ3) is 5.05. The second kappa shape index (κ2) is 10.1. The fourth-order valence-electron chi connectivity index (χ4n) is 4.85. The first-order valence-corrected chi connectivity index (χ1v) is 10.6. The van der Waals surface area contributed by atoms with Gasteiger partial charge in [-0.1, -0.05) is 79.6 Å². The summed E-state index contributed by atoms with van der Waals surface area (Å²) in [6.07, 6.45) is 19.4. The molecule has 0 amide bonds. The van der Waals surface area contributed by atoms with Gasteiger partial charge in [-0.3, -0.25) is 0 Å². The topological polar surface area (TPSA) is 0 Å². The minimum absolute atomic E-state index is 0.608. The van der Waals surface area contributed by atoms with Crippen LogP contribution in [0.15, 0.2) is 72.8 Å². The Hall–Kier alpha value is -2.52. The molecule has 0 saturated heterocycles. The van der Waals surface area contributed by atoms with Crippen molar-refractivity contribution >= 4 is 0 Å². The van der Waals surface area contributed by atoms with Crippen LogP contribution in [0, 0.1) is 25.2 Å². The quantitative estimate of drug-likeness (QED) is 0.259. The van der Waals surface area contributed by atoms with Crippen molar-refractivity contribution in [2.24, 2.45) is 5.92 Å². The Morgan fingerprint density at radius 2 is 1.93 bits per heavy atom. The van der Waals surface area contributed by atoms with Crippen molar-refractivity contribution in [2.75, 3.05) is 0 Å². The molecule has 2 aromatic rings. The monoisotopic (exact) mass is 368 g/mol. The van der Waals surface area contributed by atoms with E-state index in [4.69, 9.17) is 6.42 Å². The highest BCUT2D eigenvalue weighted by atomic mass is 14.4. The maximum absolute atomic E-state index is 5.24. The fourth-order valence-corrected chi connectivity index (χ4v) is 4.85. The van der Waals surface area contributed by atoms with Crippen LogP contribution >= 0.6 is 0 Å². The van der Waals surface area contributed by atoms with Crippen LogP contribution in [0.5, 0.6) is 0 Å². The minimum atomic E-state index is 0.608. The normalized spacial score (nSPS) is 19.8. The summed E-state index contributed by atoms with van der Waals surface area (Å²) in [4.78, 5) is 0. The molecule has 2 aromatic carbocycles. The first-order valence-electron chi connectivity index (χ1n) is 10.6. The molecule has 0 nitrogen and oxygen atoms in total. The van der Waals surface area contributed by atoms with E-state index >= 15 is 0 Å². The predicted molar refractivity (Wildman–Crippen MR) is 122 cm³/mol. The lowest BCUT2D eigenvalue weighted by molar-refractivity contribution is 0.376. The number of hydrogen-bond donors (Lipinski definition) is 0. The summed E-state index contributed by atoms with van der Waals surface area (Å²) < 4.78 is 0. The largest absolute Gasteiger partial charge is 0.115 e. The van der Waals surface area contributed by atoms with Crippen LogP contribution in [-0.2, 0) is 6.42 Å². The summed E-state index contributed by atoms with van der Waals surface area (Å²) in [5, 5.41) is 0. The van der Waals surface area contributed by atoms with Gasteiger partial charge in [0.1, 0.15) is 0 Å². The molecule has 0 aliphatic heterocycles. The number of hydrogen-bond acceptors (Lipinski definition) is 0. The lowest BCUT2D eigenvalue weighted by Gasteiger charge is -2.24. The van der Waals surface area contributed by atoms with E-state index in [1.807, 2.05) is 6.08 Å². The summed E-state index contributed by atoms with van der Waals surface area (Å²) in [5.41, 5.74) is 6.17. The Labute approximate surface area is 171 Å².